The summed E-state index contributed by atoms with van der Waals surface area (Å²) >= 11 is 0. The predicted octanol–water partition coefficient (Wildman–Crippen LogP) is 3.37. The fourth-order valence-electron chi connectivity index (χ4n) is 2.66. The molecule has 0 fully saturated rings. The molecule has 0 saturated heterocycles. The highest BCUT2D eigenvalue weighted by Gasteiger charge is 2.16. The van der Waals surface area contributed by atoms with Gasteiger partial charge in [0.1, 0.15) is 11.4 Å². The second-order valence-corrected chi connectivity index (χ2v) is 8.23. The molecule has 0 aliphatic heterocycles. The molecule has 0 radical (unpaired) electrons. The Bertz CT molecular complexity index is 770. The van der Waals surface area contributed by atoms with Crippen molar-refractivity contribution in [1.82, 2.24) is 5.32 Å². The van der Waals surface area contributed by atoms with E-state index in [2.05, 4.69) is 15.6 Å². The summed E-state index contributed by atoms with van der Waals surface area (Å²) in [5.41, 5.74) is 6.54. The van der Waals surface area contributed by atoms with Gasteiger partial charge < -0.3 is 25.8 Å². The van der Waals surface area contributed by atoms with Crippen molar-refractivity contribution in [2.24, 2.45) is 10.7 Å². The van der Waals surface area contributed by atoms with Crippen molar-refractivity contribution in [3.05, 3.63) is 29.8 Å². The van der Waals surface area contributed by atoms with E-state index in [1.54, 1.807) is 52.0 Å². The van der Waals surface area contributed by atoms with Crippen LogP contribution < -0.4 is 16.4 Å². The van der Waals surface area contributed by atoms with Gasteiger partial charge in [-0.1, -0.05) is 12.8 Å². The van der Waals surface area contributed by atoms with Crippen LogP contribution in [0, 0.1) is 0 Å². The second-order valence-electron chi connectivity index (χ2n) is 8.23. The van der Waals surface area contributed by atoms with Gasteiger partial charge in [-0.25, -0.2) is 4.79 Å². The third-order valence-electron chi connectivity index (χ3n) is 4.17. The Morgan fingerprint density at radius 1 is 1.03 bits per heavy atom. The molecule has 1 aromatic carbocycles. The zero-order chi connectivity index (χ0) is 24.0. The molecular weight excluding hydrogens is 412 g/mol. The molecule has 0 bridgehead atoms. The quantitative estimate of drug-likeness (QED) is 0.193. The average molecular weight is 449 g/mol. The van der Waals surface area contributed by atoms with Gasteiger partial charge in [0.25, 0.3) is 0 Å². The molecule has 9 nitrogen and oxygen atoms in total. The maximum absolute atomic E-state index is 12.0. The lowest BCUT2D eigenvalue weighted by Crippen LogP contribution is -2.30. The molecule has 0 heterocycles. The van der Waals surface area contributed by atoms with Crippen LogP contribution in [0.25, 0.3) is 0 Å². The Labute approximate surface area is 190 Å². The Morgan fingerprint density at radius 2 is 1.69 bits per heavy atom. The number of unbranched alkanes of at least 4 members (excludes halogenated alkanes) is 3. The molecule has 0 aliphatic carbocycles. The first-order valence-corrected chi connectivity index (χ1v) is 10.9. The van der Waals surface area contributed by atoms with Gasteiger partial charge in [0, 0.05) is 24.2 Å². The van der Waals surface area contributed by atoms with Crippen LogP contribution in [-0.4, -0.2) is 49.1 Å². The highest BCUT2D eigenvalue weighted by Crippen LogP contribution is 2.11. The number of nitrogens with two attached hydrogens (primary N) is 1. The van der Waals surface area contributed by atoms with Crippen molar-refractivity contribution in [2.45, 2.75) is 65.4 Å². The molecule has 2 amide bonds. The smallest absolute Gasteiger partial charge is 0.436 e. The van der Waals surface area contributed by atoms with Crippen LogP contribution in [0.2, 0.25) is 0 Å². The van der Waals surface area contributed by atoms with E-state index in [9.17, 15) is 14.4 Å². The van der Waals surface area contributed by atoms with Crippen LogP contribution in [0.4, 0.5) is 10.5 Å². The molecule has 0 unspecified atom stereocenters. The van der Waals surface area contributed by atoms with Crippen LogP contribution in [0.3, 0.4) is 0 Å². The molecule has 0 spiro atoms. The molecule has 0 saturated carbocycles. The Balaban J connectivity index is 2.27. The summed E-state index contributed by atoms with van der Waals surface area (Å²) < 4.78 is 9.99. The molecule has 1 aromatic rings. The highest BCUT2D eigenvalue weighted by molar-refractivity contribution is 6.03. The number of carbonyl (C=O) groups excluding carboxylic acids is 3. The van der Waals surface area contributed by atoms with Gasteiger partial charge in [0.2, 0.25) is 5.91 Å². The first kappa shape index (κ1) is 26.9. The van der Waals surface area contributed by atoms with E-state index in [1.807, 2.05) is 0 Å². The minimum Gasteiger partial charge on any atom is -0.466 e. The number of hydrogen-bond donors (Lipinski definition) is 3. The van der Waals surface area contributed by atoms with Gasteiger partial charge >= 0.3 is 12.1 Å². The third kappa shape index (κ3) is 12.6. The van der Waals surface area contributed by atoms with Crippen molar-refractivity contribution in [1.29, 1.82) is 0 Å². The number of amidine groups is 1. The predicted molar refractivity (Wildman–Crippen MR) is 125 cm³/mol. The van der Waals surface area contributed by atoms with Crippen LogP contribution in [-0.2, 0) is 19.1 Å². The van der Waals surface area contributed by atoms with Crippen molar-refractivity contribution in [3.8, 4) is 0 Å². The number of esters is 1. The Kier molecular flexibility index (Phi) is 11.8. The van der Waals surface area contributed by atoms with Crippen molar-refractivity contribution in [3.63, 3.8) is 0 Å². The van der Waals surface area contributed by atoms with Gasteiger partial charge in [0.05, 0.1) is 13.2 Å². The number of carbonyl (C=O) groups is 3. The van der Waals surface area contributed by atoms with Crippen LogP contribution >= 0.6 is 0 Å². The summed E-state index contributed by atoms with van der Waals surface area (Å²) in [6.45, 7) is 8.20. The molecule has 0 aliphatic rings. The van der Waals surface area contributed by atoms with Crippen LogP contribution in [0.15, 0.2) is 29.3 Å². The molecule has 9 heteroatoms. The maximum Gasteiger partial charge on any atom is 0.436 e. The number of ether oxygens (including phenoxy) is 2. The van der Waals surface area contributed by atoms with E-state index in [0.29, 0.717) is 25.1 Å². The normalized spacial score (nSPS) is 11.6. The largest absolute Gasteiger partial charge is 0.466 e. The molecule has 1 rings (SSSR count). The summed E-state index contributed by atoms with van der Waals surface area (Å²) in [4.78, 5) is 38.7. The minimum absolute atomic E-state index is 0.0609. The molecular formula is C23H36N4O5. The molecule has 4 N–H and O–H groups in total. The summed E-state index contributed by atoms with van der Waals surface area (Å²) in [6.07, 6.45) is 3.24. The molecule has 0 aromatic heterocycles. The Morgan fingerprint density at radius 3 is 2.31 bits per heavy atom. The number of nitrogens with zero attached hydrogens (tertiary/aromatic N) is 1. The van der Waals surface area contributed by atoms with Crippen LogP contribution in [0.5, 0.6) is 0 Å². The van der Waals surface area contributed by atoms with Crippen molar-refractivity contribution >= 4 is 29.5 Å². The van der Waals surface area contributed by atoms with Gasteiger partial charge in [-0.15, -0.1) is 0 Å². The third-order valence-corrected chi connectivity index (χ3v) is 4.17. The van der Waals surface area contributed by atoms with Crippen molar-refractivity contribution < 1.29 is 23.9 Å². The summed E-state index contributed by atoms with van der Waals surface area (Å²) in [5, 5.41) is 5.89. The van der Waals surface area contributed by atoms with E-state index >= 15 is 0 Å². The standard InChI is InChI=1S/C23H36N4O5/c1-5-31-20(29)10-8-6-7-9-15-25-19(28)16-26-18-13-11-17(12-14-18)21(24)27-22(30)32-23(2,3)4/h11-14,26H,5-10,15-16H2,1-4H3,(H,25,28)(H2,24,27,30). The van der Waals surface area contributed by atoms with E-state index in [-0.39, 0.29) is 24.3 Å². The van der Waals surface area contributed by atoms with E-state index in [0.717, 1.165) is 31.4 Å². The second kappa shape index (κ2) is 14.1. The summed E-state index contributed by atoms with van der Waals surface area (Å²) in [5.74, 6) is -0.199. The number of hydrogen-bond acceptors (Lipinski definition) is 6. The fourth-order valence-corrected chi connectivity index (χ4v) is 2.66. The number of amides is 2. The molecule has 32 heavy (non-hydrogen) atoms. The first-order valence-electron chi connectivity index (χ1n) is 10.9. The SMILES string of the molecule is CCOC(=O)CCCCCCNC(=O)CNc1ccc(/C(N)=N/C(=O)OC(C)(C)C)cc1. The van der Waals surface area contributed by atoms with E-state index < -0.39 is 11.7 Å². The number of nitrogens with one attached hydrogen (secondary N) is 2. The van der Waals surface area contributed by atoms with E-state index in [4.69, 9.17) is 15.2 Å². The lowest BCUT2D eigenvalue weighted by molar-refractivity contribution is -0.143. The number of aliphatic imine (C=N–C) groups is 1. The lowest BCUT2D eigenvalue weighted by atomic mass is 10.1. The fraction of sp³-hybridized carbons (Fsp3) is 0.565. The first-order chi connectivity index (χ1) is 15.1. The number of rotatable bonds is 12. The van der Waals surface area contributed by atoms with Crippen LogP contribution in [0.1, 0.15) is 65.4 Å². The number of anilines is 1. The average Bonchev–Trinajstić information content (AvgIpc) is 2.70. The minimum atomic E-state index is -0.743. The molecule has 0 atom stereocenters. The molecule has 178 valence electrons. The topological polar surface area (TPSA) is 132 Å². The van der Waals surface area contributed by atoms with Gasteiger partial charge in [-0.2, -0.15) is 4.99 Å². The zero-order valence-electron chi connectivity index (χ0n) is 19.5. The Hall–Kier alpha value is -3.10. The van der Waals surface area contributed by atoms with Gasteiger partial charge in [-0.05, 0) is 64.8 Å². The van der Waals surface area contributed by atoms with Gasteiger partial charge in [-0.3, -0.25) is 9.59 Å². The van der Waals surface area contributed by atoms with Gasteiger partial charge in [0.15, 0.2) is 0 Å². The maximum atomic E-state index is 12.0. The lowest BCUT2D eigenvalue weighted by Gasteiger charge is -2.17. The highest BCUT2D eigenvalue weighted by atomic mass is 16.6. The van der Waals surface area contributed by atoms with E-state index in [1.165, 1.54) is 0 Å². The monoisotopic (exact) mass is 448 g/mol. The number of benzene rings is 1. The van der Waals surface area contributed by atoms with Crippen molar-refractivity contribution in [2.75, 3.05) is 25.0 Å². The summed E-state index contributed by atoms with van der Waals surface area (Å²) in [7, 11) is 0. The zero-order valence-corrected chi connectivity index (χ0v) is 19.5. The summed E-state index contributed by atoms with van der Waals surface area (Å²) in [6, 6.07) is 6.92.